The monoisotopic (exact) mass is 345 g/mol. The van der Waals surface area contributed by atoms with Crippen molar-refractivity contribution in [1.82, 2.24) is 0 Å². The number of hydrogen-bond acceptors (Lipinski definition) is 2. The second-order valence-electron chi connectivity index (χ2n) is 3.76. The fraction of sp³-hybridized carbons (Fsp3) is 0.0769. The maximum absolute atomic E-state index is 9.32. The van der Waals surface area contributed by atoms with Gasteiger partial charge in [0, 0.05) is 21.7 Å². The molecule has 2 rings (SSSR count). The highest BCUT2D eigenvalue weighted by molar-refractivity contribution is 9.10. The Morgan fingerprint density at radius 3 is 2.56 bits per heavy atom. The van der Waals surface area contributed by atoms with E-state index in [1.807, 2.05) is 18.2 Å². The molecule has 18 heavy (non-hydrogen) atoms. The quantitative estimate of drug-likeness (QED) is 0.760. The maximum Gasteiger partial charge on any atom is 0.134 e. The third kappa shape index (κ3) is 3.31. The molecule has 5 heteroatoms. The minimum Gasteiger partial charge on any atom is -0.506 e. The van der Waals surface area contributed by atoms with Crippen molar-refractivity contribution in [1.29, 1.82) is 0 Å². The zero-order chi connectivity index (χ0) is 13.1. The Hall–Kier alpha value is -0.900. The maximum atomic E-state index is 9.32. The van der Waals surface area contributed by atoms with Gasteiger partial charge < -0.3 is 10.4 Å². The van der Waals surface area contributed by atoms with Crippen molar-refractivity contribution in [2.24, 2.45) is 0 Å². The van der Waals surface area contributed by atoms with E-state index in [2.05, 4.69) is 21.2 Å². The van der Waals surface area contributed by atoms with Gasteiger partial charge in [0.2, 0.25) is 0 Å². The fourth-order valence-corrected chi connectivity index (χ4v) is 2.48. The van der Waals surface area contributed by atoms with Crippen LogP contribution in [-0.2, 0) is 6.54 Å². The first kappa shape index (κ1) is 13.5. The molecule has 2 nitrogen and oxygen atoms in total. The molecule has 2 aromatic rings. The van der Waals surface area contributed by atoms with Crippen molar-refractivity contribution >= 4 is 44.8 Å². The Morgan fingerprint density at radius 2 is 1.89 bits per heavy atom. The lowest BCUT2D eigenvalue weighted by molar-refractivity contribution is 0.475. The van der Waals surface area contributed by atoms with Crippen LogP contribution >= 0.6 is 39.1 Å². The molecule has 0 saturated heterocycles. The first-order valence-corrected chi connectivity index (χ1v) is 6.77. The number of phenols is 1. The van der Waals surface area contributed by atoms with E-state index in [1.165, 1.54) is 0 Å². The van der Waals surface area contributed by atoms with Crippen LogP contribution in [0.25, 0.3) is 0 Å². The van der Waals surface area contributed by atoms with E-state index in [-0.39, 0.29) is 5.75 Å². The van der Waals surface area contributed by atoms with Crippen molar-refractivity contribution in [3.05, 3.63) is 56.5 Å². The molecule has 0 aliphatic heterocycles. The molecular formula is C13H10BrCl2NO. The standard InChI is InChI=1S/C13H10BrCl2NO/c14-11-5-9(15)2-1-8(11)7-17-10-3-4-13(18)12(16)6-10/h1-6,17-18H,7H2. The summed E-state index contributed by atoms with van der Waals surface area (Å²) in [5.41, 5.74) is 1.93. The van der Waals surface area contributed by atoms with Crippen molar-refractivity contribution < 1.29 is 5.11 Å². The van der Waals surface area contributed by atoms with Crippen LogP contribution in [0.3, 0.4) is 0 Å². The summed E-state index contributed by atoms with van der Waals surface area (Å²) in [6, 6.07) is 10.6. The molecule has 0 fully saturated rings. The molecule has 0 aliphatic carbocycles. The number of hydrogen-bond donors (Lipinski definition) is 2. The van der Waals surface area contributed by atoms with Gasteiger partial charge in [-0.05, 0) is 35.9 Å². The number of halogens is 3. The predicted octanol–water partition coefficient (Wildman–Crippen LogP) is 5.07. The van der Waals surface area contributed by atoms with Gasteiger partial charge in [-0.2, -0.15) is 0 Å². The highest BCUT2D eigenvalue weighted by Crippen LogP contribution is 2.27. The zero-order valence-electron chi connectivity index (χ0n) is 9.25. The van der Waals surface area contributed by atoms with Gasteiger partial charge in [-0.3, -0.25) is 0 Å². The van der Waals surface area contributed by atoms with Crippen LogP contribution in [0.5, 0.6) is 5.75 Å². The lowest BCUT2D eigenvalue weighted by Crippen LogP contribution is -2.00. The fourth-order valence-electron chi connectivity index (χ4n) is 1.48. The van der Waals surface area contributed by atoms with Crippen LogP contribution in [0, 0.1) is 0 Å². The average molecular weight is 347 g/mol. The van der Waals surface area contributed by atoms with Crippen LogP contribution in [0.2, 0.25) is 10.0 Å². The number of benzene rings is 2. The summed E-state index contributed by atoms with van der Waals surface area (Å²) in [6.45, 7) is 0.638. The summed E-state index contributed by atoms with van der Waals surface area (Å²) in [6.07, 6.45) is 0. The summed E-state index contributed by atoms with van der Waals surface area (Å²) in [5, 5.41) is 13.6. The topological polar surface area (TPSA) is 32.3 Å². The van der Waals surface area contributed by atoms with Crippen LogP contribution in [0.4, 0.5) is 5.69 Å². The van der Waals surface area contributed by atoms with Crippen LogP contribution in [-0.4, -0.2) is 5.11 Å². The molecular weight excluding hydrogens is 337 g/mol. The largest absolute Gasteiger partial charge is 0.506 e. The summed E-state index contributed by atoms with van der Waals surface area (Å²) in [7, 11) is 0. The van der Waals surface area contributed by atoms with Gasteiger partial charge in [-0.25, -0.2) is 0 Å². The molecule has 0 aromatic heterocycles. The normalized spacial score (nSPS) is 10.4. The van der Waals surface area contributed by atoms with Crippen molar-refractivity contribution in [2.45, 2.75) is 6.54 Å². The lowest BCUT2D eigenvalue weighted by atomic mass is 10.2. The van der Waals surface area contributed by atoms with E-state index in [9.17, 15) is 5.11 Å². The van der Waals surface area contributed by atoms with Gasteiger partial charge >= 0.3 is 0 Å². The third-order valence-electron chi connectivity index (χ3n) is 2.45. The Kier molecular flexibility index (Phi) is 4.38. The molecule has 0 unspecified atom stereocenters. The first-order valence-electron chi connectivity index (χ1n) is 5.22. The van der Waals surface area contributed by atoms with Gasteiger partial charge in [-0.15, -0.1) is 0 Å². The predicted molar refractivity (Wildman–Crippen MR) is 79.6 cm³/mol. The number of phenolic OH excluding ortho intramolecular Hbond substituents is 1. The highest BCUT2D eigenvalue weighted by atomic mass is 79.9. The minimum absolute atomic E-state index is 0.0786. The van der Waals surface area contributed by atoms with Crippen molar-refractivity contribution in [2.75, 3.05) is 5.32 Å². The lowest BCUT2D eigenvalue weighted by Gasteiger charge is -2.09. The van der Waals surface area contributed by atoms with Gasteiger partial charge in [0.05, 0.1) is 5.02 Å². The van der Waals surface area contributed by atoms with Crippen LogP contribution < -0.4 is 5.32 Å². The number of anilines is 1. The number of rotatable bonds is 3. The summed E-state index contributed by atoms with van der Waals surface area (Å²) in [4.78, 5) is 0. The Bertz CT molecular complexity index is 575. The molecule has 0 aliphatic rings. The smallest absolute Gasteiger partial charge is 0.134 e. The van der Waals surface area contributed by atoms with Crippen LogP contribution in [0.1, 0.15) is 5.56 Å². The second-order valence-corrected chi connectivity index (χ2v) is 5.45. The summed E-state index contributed by atoms with van der Waals surface area (Å²) in [5.74, 6) is 0.0786. The number of nitrogens with one attached hydrogen (secondary N) is 1. The van der Waals surface area contributed by atoms with E-state index in [1.54, 1.807) is 18.2 Å². The average Bonchev–Trinajstić information content (AvgIpc) is 2.32. The molecule has 0 spiro atoms. The number of aromatic hydroxyl groups is 1. The van der Waals surface area contributed by atoms with Crippen LogP contribution in [0.15, 0.2) is 40.9 Å². The summed E-state index contributed by atoms with van der Waals surface area (Å²) < 4.78 is 0.951. The third-order valence-corrected chi connectivity index (χ3v) is 3.72. The van der Waals surface area contributed by atoms with E-state index in [0.29, 0.717) is 16.6 Å². The molecule has 0 heterocycles. The van der Waals surface area contributed by atoms with Gasteiger partial charge in [0.1, 0.15) is 5.75 Å². The summed E-state index contributed by atoms with van der Waals surface area (Å²) >= 11 is 15.2. The zero-order valence-corrected chi connectivity index (χ0v) is 12.4. The van der Waals surface area contributed by atoms with Gasteiger partial charge in [0.25, 0.3) is 0 Å². The molecule has 0 amide bonds. The van der Waals surface area contributed by atoms with Crippen molar-refractivity contribution in [3.63, 3.8) is 0 Å². The van der Waals surface area contributed by atoms with E-state index < -0.39 is 0 Å². The molecule has 0 radical (unpaired) electrons. The highest BCUT2D eigenvalue weighted by Gasteiger charge is 2.03. The molecule has 0 bridgehead atoms. The molecule has 94 valence electrons. The Labute approximate surface area is 124 Å². The van der Waals surface area contributed by atoms with E-state index >= 15 is 0 Å². The van der Waals surface area contributed by atoms with E-state index in [0.717, 1.165) is 15.7 Å². The first-order chi connectivity index (χ1) is 8.56. The van der Waals surface area contributed by atoms with Crippen molar-refractivity contribution in [3.8, 4) is 5.75 Å². The molecule has 0 atom stereocenters. The molecule has 0 saturated carbocycles. The van der Waals surface area contributed by atoms with Gasteiger partial charge in [0.15, 0.2) is 0 Å². The molecule has 2 aromatic carbocycles. The molecule has 2 N–H and O–H groups in total. The Morgan fingerprint density at radius 1 is 1.11 bits per heavy atom. The van der Waals surface area contributed by atoms with E-state index in [4.69, 9.17) is 23.2 Å². The Balaban J connectivity index is 2.09. The SMILES string of the molecule is Oc1ccc(NCc2ccc(Cl)cc2Br)cc1Cl. The van der Waals surface area contributed by atoms with Gasteiger partial charge in [-0.1, -0.05) is 45.2 Å². The second kappa shape index (κ2) is 5.83. The minimum atomic E-state index is 0.0786.